The van der Waals surface area contributed by atoms with E-state index in [0.717, 1.165) is 0 Å². The fraction of sp³-hybridized carbons (Fsp3) is 0.562. The first-order valence-corrected chi connectivity index (χ1v) is 7.50. The minimum atomic E-state index is -0.0436. The maximum atomic E-state index is 12.8. The first-order chi connectivity index (χ1) is 10.6. The van der Waals surface area contributed by atoms with E-state index in [4.69, 9.17) is 18.9 Å². The van der Waals surface area contributed by atoms with Crippen LogP contribution in [0.15, 0.2) is 12.1 Å². The molecule has 1 fully saturated rings. The van der Waals surface area contributed by atoms with Crippen molar-refractivity contribution >= 4 is 5.91 Å². The minimum absolute atomic E-state index is 0.0410. The Hall–Kier alpha value is -1.95. The van der Waals surface area contributed by atoms with Crippen LogP contribution in [0.3, 0.4) is 0 Å². The Morgan fingerprint density at radius 2 is 2.05 bits per heavy atom. The van der Waals surface area contributed by atoms with E-state index in [9.17, 15) is 4.79 Å². The number of hydrogen-bond donors (Lipinski definition) is 0. The SMILES string of the molecule is COc1cc(C(=O)N2C[C@H](C)OC[C@H]2C)cc2c1OCCO2. The molecule has 0 aromatic heterocycles. The van der Waals surface area contributed by atoms with Gasteiger partial charge in [0.25, 0.3) is 5.91 Å². The second-order valence-electron chi connectivity index (χ2n) is 5.65. The predicted octanol–water partition coefficient (Wildman–Crippen LogP) is 1.72. The van der Waals surface area contributed by atoms with Crippen molar-refractivity contribution in [3.05, 3.63) is 17.7 Å². The first-order valence-electron chi connectivity index (χ1n) is 7.50. The summed E-state index contributed by atoms with van der Waals surface area (Å²) in [6.45, 7) is 6.04. The molecule has 0 spiro atoms. The van der Waals surface area contributed by atoms with Crippen molar-refractivity contribution in [3.8, 4) is 17.2 Å². The lowest BCUT2D eigenvalue weighted by Crippen LogP contribution is -2.50. The van der Waals surface area contributed by atoms with Crippen LogP contribution in [-0.2, 0) is 4.74 Å². The molecule has 2 atom stereocenters. The number of hydrogen-bond acceptors (Lipinski definition) is 5. The third kappa shape index (κ3) is 2.70. The summed E-state index contributed by atoms with van der Waals surface area (Å²) in [7, 11) is 1.56. The van der Waals surface area contributed by atoms with E-state index in [-0.39, 0.29) is 18.1 Å². The molecule has 0 saturated carbocycles. The van der Waals surface area contributed by atoms with Gasteiger partial charge in [0.2, 0.25) is 5.75 Å². The molecule has 6 nitrogen and oxygen atoms in total. The summed E-state index contributed by atoms with van der Waals surface area (Å²) in [6, 6.07) is 3.48. The zero-order valence-corrected chi connectivity index (χ0v) is 13.1. The lowest BCUT2D eigenvalue weighted by atomic mass is 10.1. The number of nitrogens with zero attached hydrogens (tertiary/aromatic N) is 1. The molecule has 0 radical (unpaired) electrons. The fourth-order valence-electron chi connectivity index (χ4n) is 2.75. The monoisotopic (exact) mass is 307 g/mol. The van der Waals surface area contributed by atoms with Gasteiger partial charge in [-0.1, -0.05) is 0 Å². The van der Waals surface area contributed by atoms with E-state index in [1.54, 1.807) is 19.2 Å². The Labute approximate surface area is 129 Å². The Balaban J connectivity index is 1.92. The van der Waals surface area contributed by atoms with Crippen molar-refractivity contribution in [3.63, 3.8) is 0 Å². The number of rotatable bonds is 2. The van der Waals surface area contributed by atoms with Crippen molar-refractivity contribution in [2.24, 2.45) is 0 Å². The molecule has 2 aliphatic heterocycles. The molecule has 120 valence electrons. The zero-order valence-electron chi connectivity index (χ0n) is 13.1. The average molecular weight is 307 g/mol. The summed E-state index contributed by atoms with van der Waals surface area (Å²) in [5, 5.41) is 0. The number of fused-ring (bicyclic) bond motifs is 1. The van der Waals surface area contributed by atoms with Gasteiger partial charge in [0, 0.05) is 12.1 Å². The van der Waals surface area contributed by atoms with Crippen LogP contribution in [0, 0.1) is 0 Å². The molecule has 0 aliphatic carbocycles. The van der Waals surface area contributed by atoms with Crippen molar-refractivity contribution in [2.45, 2.75) is 26.0 Å². The van der Waals surface area contributed by atoms with E-state index in [0.29, 0.717) is 49.2 Å². The molecule has 22 heavy (non-hydrogen) atoms. The molecule has 1 aromatic rings. The minimum Gasteiger partial charge on any atom is -0.493 e. The van der Waals surface area contributed by atoms with Crippen LogP contribution in [0.1, 0.15) is 24.2 Å². The van der Waals surface area contributed by atoms with E-state index in [1.165, 1.54) is 0 Å². The van der Waals surface area contributed by atoms with Crippen LogP contribution >= 0.6 is 0 Å². The van der Waals surface area contributed by atoms with Gasteiger partial charge in [0.15, 0.2) is 11.5 Å². The summed E-state index contributed by atoms with van der Waals surface area (Å²) in [5.74, 6) is 1.60. The van der Waals surface area contributed by atoms with Crippen LogP contribution < -0.4 is 14.2 Å². The van der Waals surface area contributed by atoms with Gasteiger partial charge in [-0.2, -0.15) is 0 Å². The molecule has 1 amide bonds. The molecule has 0 bridgehead atoms. The van der Waals surface area contributed by atoms with Gasteiger partial charge in [0.1, 0.15) is 13.2 Å². The molecule has 1 aromatic carbocycles. The van der Waals surface area contributed by atoms with Crippen LogP contribution in [0.25, 0.3) is 0 Å². The Morgan fingerprint density at radius 3 is 2.82 bits per heavy atom. The van der Waals surface area contributed by atoms with Gasteiger partial charge in [-0.25, -0.2) is 0 Å². The van der Waals surface area contributed by atoms with Crippen molar-refractivity contribution in [2.75, 3.05) is 33.5 Å². The molecular weight excluding hydrogens is 286 g/mol. The van der Waals surface area contributed by atoms with Crippen LogP contribution in [-0.4, -0.2) is 56.4 Å². The highest BCUT2D eigenvalue weighted by atomic mass is 16.6. The standard InChI is InChI=1S/C16H21NO5/c1-10-9-22-11(2)8-17(10)16(18)12-6-13(19-3)15-14(7-12)20-4-5-21-15/h6-7,10-11H,4-5,8-9H2,1-3H3/t10-,11+/m1/s1. The van der Waals surface area contributed by atoms with Gasteiger partial charge in [-0.3, -0.25) is 4.79 Å². The maximum Gasteiger partial charge on any atom is 0.254 e. The maximum absolute atomic E-state index is 12.8. The van der Waals surface area contributed by atoms with Gasteiger partial charge in [-0.15, -0.1) is 0 Å². The van der Waals surface area contributed by atoms with Crippen LogP contribution in [0.5, 0.6) is 17.2 Å². The molecule has 2 aliphatic rings. The fourth-order valence-corrected chi connectivity index (χ4v) is 2.75. The number of carbonyl (C=O) groups is 1. The first kappa shape index (κ1) is 15.0. The molecule has 3 rings (SSSR count). The lowest BCUT2D eigenvalue weighted by Gasteiger charge is -2.37. The summed E-state index contributed by atoms with van der Waals surface area (Å²) >= 11 is 0. The van der Waals surface area contributed by atoms with Gasteiger partial charge >= 0.3 is 0 Å². The van der Waals surface area contributed by atoms with Gasteiger partial charge in [0.05, 0.1) is 25.9 Å². The summed E-state index contributed by atoms with van der Waals surface area (Å²) in [4.78, 5) is 14.7. The molecular formula is C16H21NO5. The van der Waals surface area contributed by atoms with Gasteiger partial charge in [-0.05, 0) is 26.0 Å². The second-order valence-corrected chi connectivity index (χ2v) is 5.65. The molecule has 0 N–H and O–H groups in total. The summed E-state index contributed by atoms with van der Waals surface area (Å²) in [6.07, 6.45) is 0.0410. The normalized spacial score (nSPS) is 24.0. The van der Waals surface area contributed by atoms with Crippen molar-refractivity contribution < 1.29 is 23.7 Å². The number of carbonyl (C=O) groups excluding carboxylic acids is 1. The highest BCUT2D eigenvalue weighted by Crippen LogP contribution is 2.40. The molecule has 1 saturated heterocycles. The highest BCUT2D eigenvalue weighted by molar-refractivity contribution is 5.96. The van der Waals surface area contributed by atoms with Gasteiger partial charge < -0.3 is 23.8 Å². The molecule has 6 heteroatoms. The Morgan fingerprint density at radius 1 is 1.27 bits per heavy atom. The third-order valence-corrected chi connectivity index (χ3v) is 3.94. The van der Waals surface area contributed by atoms with Crippen molar-refractivity contribution in [1.82, 2.24) is 4.90 Å². The number of methoxy groups -OCH3 is 1. The van der Waals surface area contributed by atoms with E-state index < -0.39 is 0 Å². The topological polar surface area (TPSA) is 57.2 Å². The largest absolute Gasteiger partial charge is 0.493 e. The second kappa shape index (κ2) is 6.04. The van der Waals surface area contributed by atoms with E-state index in [1.807, 2.05) is 18.7 Å². The van der Waals surface area contributed by atoms with Crippen molar-refractivity contribution in [1.29, 1.82) is 0 Å². The molecule has 2 heterocycles. The van der Waals surface area contributed by atoms with E-state index in [2.05, 4.69) is 0 Å². The van der Waals surface area contributed by atoms with Crippen LogP contribution in [0.2, 0.25) is 0 Å². The summed E-state index contributed by atoms with van der Waals surface area (Å²) in [5.41, 5.74) is 0.544. The smallest absolute Gasteiger partial charge is 0.254 e. The summed E-state index contributed by atoms with van der Waals surface area (Å²) < 4.78 is 22.1. The number of amides is 1. The van der Waals surface area contributed by atoms with Crippen LogP contribution in [0.4, 0.5) is 0 Å². The average Bonchev–Trinajstić information content (AvgIpc) is 2.55. The Kier molecular flexibility index (Phi) is 4.11. The number of morpholine rings is 1. The van der Waals surface area contributed by atoms with E-state index >= 15 is 0 Å². The molecule has 0 unspecified atom stereocenters. The third-order valence-electron chi connectivity index (χ3n) is 3.94. The number of benzene rings is 1. The number of ether oxygens (including phenoxy) is 4. The zero-order chi connectivity index (χ0) is 15.7. The highest BCUT2D eigenvalue weighted by Gasteiger charge is 2.30. The Bertz CT molecular complexity index is 557. The quantitative estimate of drug-likeness (QED) is 0.832. The lowest BCUT2D eigenvalue weighted by molar-refractivity contribution is -0.0387. The predicted molar refractivity (Wildman–Crippen MR) is 79.9 cm³/mol.